The highest BCUT2D eigenvalue weighted by Crippen LogP contribution is 2.34. The first-order chi connectivity index (χ1) is 10.0. The molecular formula is C15H16N2O4. The largest absolute Gasteiger partial charge is 0.478 e. The number of amides is 1. The highest BCUT2D eigenvalue weighted by atomic mass is 16.4. The zero-order chi connectivity index (χ0) is 15.0. The molecular weight excluding hydrogens is 272 g/mol. The quantitative estimate of drug-likeness (QED) is 0.801. The fraction of sp³-hybridized carbons (Fsp3) is 0.400. The highest BCUT2D eigenvalue weighted by Gasteiger charge is 2.35. The van der Waals surface area contributed by atoms with Crippen LogP contribution in [0.25, 0.3) is 0 Å². The van der Waals surface area contributed by atoms with Crippen LogP contribution in [0.4, 0.5) is 0 Å². The first-order valence-corrected chi connectivity index (χ1v) is 6.94. The Kier molecular flexibility index (Phi) is 3.37. The van der Waals surface area contributed by atoms with E-state index in [2.05, 4.69) is 0 Å². The van der Waals surface area contributed by atoms with Crippen LogP contribution in [0, 0.1) is 5.92 Å². The molecule has 0 saturated carbocycles. The lowest BCUT2D eigenvalue weighted by atomic mass is 9.83. The molecule has 1 amide bonds. The zero-order valence-electron chi connectivity index (χ0n) is 11.4. The average molecular weight is 288 g/mol. The number of likely N-dealkylation sites (tertiary alicyclic amines) is 1. The Morgan fingerprint density at radius 1 is 1.19 bits per heavy atom. The molecule has 2 aliphatic rings. The minimum atomic E-state index is -1.13. The molecule has 0 unspecified atom stereocenters. The van der Waals surface area contributed by atoms with Crippen LogP contribution in [0.5, 0.6) is 0 Å². The molecule has 21 heavy (non-hydrogen) atoms. The van der Waals surface area contributed by atoms with Gasteiger partial charge < -0.3 is 14.6 Å². The van der Waals surface area contributed by atoms with E-state index < -0.39 is 5.97 Å². The van der Waals surface area contributed by atoms with Crippen LogP contribution in [-0.4, -0.2) is 39.5 Å². The third-order valence-electron chi connectivity index (χ3n) is 4.16. The van der Waals surface area contributed by atoms with Gasteiger partial charge in [-0.2, -0.15) is 0 Å². The molecule has 1 fully saturated rings. The Labute approximate surface area is 121 Å². The molecule has 6 nitrogen and oxygen atoms in total. The number of hydrogen-bond acceptors (Lipinski definition) is 3. The van der Waals surface area contributed by atoms with Crippen LogP contribution in [-0.2, 0) is 16.1 Å². The second kappa shape index (κ2) is 5.20. The molecule has 1 saturated heterocycles. The van der Waals surface area contributed by atoms with Gasteiger partial charge in [0.15, 0.2) is 0 Å². The van der Waals surface area contributed by atoms with Crippen LogP contribution in [0.15, 0.2) is 35.1 Å². The zero-order valence-corrected chi connectivity index (χ0v) is 11.4. The first-order valence-electron chi connectivity index (χ1n) is 6.94. The summed E-state index contributed by atoms with van der Waals surface area (Å²) in [5, 5.41) is 8.59. The van der Waals surface area contributed by atoms with Crippen LogP contribution in [0.1, 0.15) is 18.0 Å². The van der Waals surface area contributed by atoms with Gasteiger partial charge in [-0.3, -0.25) is 9.59 Å². The standard InChI is InChI=1S/C15H16N2O4/c18-13(4-5-15(20)21)16-7-10-6-11(9-16)12-2-1-3-14(19)17(12)8-10/h1-5,10-11H,6-9H2,(H,20,21)/b5-4-/t10-,11+/m1/s1. The summed E-state index contributed by atoms with van der Waals surface area (Å²) in [4.78, 5) is 36.1. The number of aliphatic carboxylic acids is 1. The van der Waals surface area contributed by atoms with Crippen molar-refractivity contribution in [3.05, 3.63) is 46.4 Å². The van der Waals surface area contributed by atoms with Gasteiger partial charge in [-0.15, -0.1) is 0 Å². The first kappa shape index (κ1) is 13.6. The van der Waals surface area contributed by atoms with Gasteiger partial charge in [-0.05, 0) is 18.4 Å². The lowest BCUT2D eigenvalue weighted by Crippen LogP contribution is -2.48. The molecule has 0 aliphatic carbocycles. The van der Waals surface area contributed by atoms with Gasteiger partial charge in [0.1, 0.15) is 0 Å². The molecule has 2 bridgehead atoms. The van der Waals surface area contributed by atoms with Crippen molar-refractivity contribution >= 4 is 11.9 Å². The molecule has 1 aromatic heterocycles. The monoisotopic (exact) mass is 288 g/mol. The molecule has 0 radical (unpaired) electrons. The van der Waals surface area contributed by atoms with Crippen LogP contribution >= 0.6 is 0 Å². The smallest absolute Gasteiger partial charge is 0.328 e. The van der Waals surface area contributed by atoms with Crippen molar-refractivity contribution in [1.82, 2.24) is 9.47 Å². The van der Waals surface area contributed by atoms with Gasteiger partial charge in [-0.25, -0.2) is 4.79 Å². The van der Waals surface area contributed by atoms with Gasteiger partial charge in [0.25, 0.3) is 5.56 Å². The Balaban J connectivity index is 1.83. The predicted octanol–water partition coefficient (Wildman–Crippen LogP) is 0.435. The summed E-state index contributed by atoms with van der Waals surface area (Å²) in [5.41, 5.74) is 0.978. The Morgan fingerprint density at radius 3 is 2.76 bits per heavy atom. The summed E-state index contributed by atoms with van der Waals surface area (Å²) in [6.45, 7) is 1.72. The van der Waals surface area contributed by atoms with Gasteiger partial charge in [0.2, 0.25) is 5.91 Å². The average Bonchev–Trinajstić information content (AvgIpc) is 2.45. The molecule has 110 valence electrons. The van der Waals surface area contributed by atoms with Crippen molar-refractivity contribution in [2.24, 2.45) is 5.92 Å². The maximum absolute atomic E-state index is 12.0. The van der Waals surface area contributed by atoms with Gasteiger partial charge in [0.05, 0.1) is 0 Å². The summed E-state index contributed by atoms with van der Waals surface area (Å²) in [6.07, 6.45) is 2.93. The SMILES string of the molecule is O=C(O)/C=C\C(=O)N1C[C@H]2C[C@@H](C1)c1cccc(=O)n1C2. The molecule has 0 spiro atoms. The van der Waals surface area contributed by atoms with E-state index in [1.54, 1.807) is 21.6 Å². The predicted molar refractivity (Wildman–Crippen MR) is 74.9 cm³/mol. The van der Waals surface area contributed by atoms with Gasteiger partial charge in [0, 0.05) is 49.5 Å². The number of hydrogen-bond donors (Lipinski definition) is 1. The van der Waals surface area contributed by atoms with Crippen molar-refractivity contribution in [3.63, 3.8) is 0 Å². The van der Waals surface area contributed by atoms with Crippen LogP contribution < -0.4 is 5.56 Å². The third kappa shape index (κ3) is 2.61. The summed E-state index contributed by atoms with van der Waals surface area (Å²) in [5.74, 6) is -1.01. The molecule has 3 heterocycles. The van der Waals surface area contributed by atoms with Crippen molar-refractivity contribution in [1.29, 1.82) is 0 Å². The van der Waals surface area contributed by atoms with E-state index in [0.29, 0.717) is 19.6 Å². The summed E-state index contributed by atoms with van der Waals surface area (Å²) in [7, 11) is 0. The number of carboxylic acid groups (broad SMARTS) is 1. The molecule has 1 N–H and O–H groups in total. The second-order valence-electron chi connectivity index (χ2n) is 5.61. The van der Waals surface area contributed by atoms with E-state index in [1.807, 2.05) is 6.07 Å². The minimum absolute atomic E-state index is 0.00718. The third-order valence-corrected chi connectivity index (χ3v) is 4.16. The van der Waals surface area contributed by atoms with Crippen molar-refractivity contribution in [2.75, 3.05) is 13.1 Å². The number of piperidine rings is 1. The summed E-state index contributed by atoms with van der Waals surface area (Å²) < 4.78 is 1.80. The number of carbonyl (C=O) groups is 2. The van der Waals surface area contributed by atoms with E-state index in [-0.39, 0.29) is 23.3 Å². The number of fused-ring (bicyclic) bond motifs is 4. The van der Waals surface area contributed by atoms with Gasteiger partial charge in [-0.1, -0.05) is 6.07 Å². The lowest BCUT2D eigenvalue weighted by molar-refractivity contribution is -0.132. The number of carboxylic acids is 1. The van der Waals surface area contributed by atoms with Gasteiger partial charge >= 0.3 is 5.97 Å². The maximum atomic E-state index is 12.0. The Bertz CT molecular complexity index is 676. The van der Waals surface area contributed by atoms with E-state index in [0.717, 1.165) is 24.3 Å². The van der Waals surface area contributed by atoms with Crippen LogP contribution in [0.2, 0.25) is 0 Å². The van der Waals surface area contributed by atoms with Crippen molar-refractivity contribution < 1.29 is 14.7 Å². The summed E-state index contributed by atoms with van der Waals surface area (Å²) >= 11 is 0. The second-order valence-corrected chi connectivity index (χ2v) is 5.61. The number of aromatic nitrogens is 1. The van der Waals surface area contributed by atoms with E-state index >= 15 is 0 Å². The molecule has 2 aliphatic heterocycles. The van der Waals surface area contributed by atoms with E-state index in [9.17, 15) is 14.4 Å². The van der Waals surface area contributed by atoms with E-state index in [4.69, 9.17) is 5.11 Å². The topological polar surface area (TPSA) is 79.6 Å². The molecule has 1 aromatic rings. The van der Waals surface area contributed by atoms with E-state index in [1.165, 1.54) is 0 Å². The minimum Gasteiger partial charge on any atom is -0.478 e. The molecule has 6 heteroatoms. The number of pyridine rings is 1. The fourth-order valence-corrected chi connectivity index (χ4v) is 3.32. The molecule has 0 aromatic carbocycles. The Morgan fingerprint density at radius 2 is 2.00 bits per heavy atom. The highest BCUT2D eigenvalue weighted by molar-refractivity contribution is 5.94. The number of rotatable bonds is 2. The molecule has 2 atom stereocenters. The van der Waals surface area contributed by atoms with Crippen LogP contribution in [0.3, 0.4) is 0 Å². The normalized spacial score (nSPS) is 23.9. The number of carbonyl (C=O) groups excluding carboxylic acids is 1. The molecule has 3 rings (SSSR count). The number of nitrogens with zero attached hydrogens (tertiary/aromatic N) is 2. The van der Waals surface area contributed by atoms with Crippen molar-refractivity contribution in [3.8, 4) is 0 Å². The van der Waals surface area contributed by atoms with Crippen molar-refractivity contribution in [2.45, 2.75) is 18.9 Å². The Hall–Kier alpha value is -2.37. The maximum Gasteiger partial charge on any atom is 0.328 e. The lowest BCUT2D eigenvalue weighted by Gasteiger charge is -2.42. The fourth-order valence-electron chi connectivity index (χ4n) is 3.32. The summed E-state index contributed by atoms with van der Waals surface area (Å²) in [6, 6.07) is 5.24.